The number of hydrogen-bond acceptors (Lipinski definition) is 7. The van der Waals surface area contributed by atoms with Gasteiger partial charge in [0.05, 0.1) is 19.1 Å². The highest BCUT2D eigenvalue weighted by atomic mass is 32.2. The molecule has 0 aromatic heterocycles. The predicted molar refractivity (Wildman–Crippen MR) is 104 cm³/mol. The van der Waals surface area contributed by atoms with Crippen molar-refractivity contribution in [2.45, 2.75) is 44.0 Å². The number of rotatable bonds is 8. The second-order valence-corrected chi connectivity index (χ2v) is 9.08. The van der Waals surface area contributed by atoms with Gasteiger partial charge in [0.1, 0.15) is 5.78 Å². The Balaban J connectivity index is 2.36. The third-order valence-electron chi connectivity index (χ3n) is 5.32. The van der Waals surface area contributed by atoms with Gasteiger partial charge in [-0.3, -0.25) is 14.4 Å². The number of esters is 2. The summed E-state index contributed by atoms with van der Waals surface area (Å²) >= 11 is 0. The molecule has 0 N–H and O–H groups in total. The van der Waals surface area contributed by atoms with Crippen LogP contribution in [0.25, 0.3) is 0 Å². The van der Waals surface area contributed by atoms with Crippen LogP contribution in [0.1, 0.15) is 31.7 Å². The molecule has 0 saturated carbocycles. The van der Waals surface area contributed by atoms with Gasteiger partial charge in [0.15, 0.2) is 5.92 Å². The van der Waals surface area contributed by atoms with Gasteiger partial charge in [-0.15, -0.1) is 0 Å². The maximum Gasteiger partial charge on any atom is 0.320 e. The molecule has 1 fully saturated rings. The quantitative estimate of drug-likeness (QED) is 0.461. The van der Waals surface area contributed by atoms with Crippen LogP contribution in [0, 0.1) is 18.8 Å². The number of benzene rings is 1. The summed E-state index contributed by atoms with van der Waals surface area (Å²) in [7, 11) is -1.53. The van der Waals surface area contributed by atoms with Crippen molar-refractivity contribution in [3.63, 3.8) is 0 Å². The Morgan fingerprint density at radius 2 is 1.66 bits per heavy atom. The molecule has 0 radical (unpaired) electrons. The first-order valence-electron chi connectivity index (χ1n) is 9.38. The molecule has 0 aliphatic carbocycles. The van der Waals surface area contributed by atoms with Crippen molar-refractivity contribution in [3.05, 3.63) is 29.8 Å². The van der Waals surface area contributed by atoms with E-state index < -0.39 is 39.8 Å². The Labute approximate surface area is 171 Å². The maximum atomic E-state index is 13.2. The minimum atomic E-state index is -3.82. The SMILES string of the molecule is COC(=O)C(C[C@@H](C(C)=O)[C@H]1CCCN1S(=O)(=O)c1ccc(C)cc1)C(=O)OC. The van der Waals surface area contributed by atoms with E-state index in [9.17, 15) is 22.8 Å². The van der Waals surface area contributed by atoms with Crippen LogP contribution in [0.5, 0.6) is 0 Å². The molecule has 0 spiro atoms. The highest BCUT2D eigenvalue weighted by Gasteiger charge is 2.44. The zero-order valence-corrected chi connectivity index (χ0v) is 17.9. The summed E-state index contributed by atoms with van der Waals surface area (Å²) in [5.74, 6) is -4.04. The fraction of sp³-hybridized carbons (Fsp3) is 0.550. The summed E-state index contributed by atoms with van der Waals surface area (Å²) in [4.78, 5) is 36.7. The predicted octanol–water partition coefficient (Wildman–Crippen LogP) is 1.71. The van der Waals surface area contributed by atoms with Gasteiger partial charge in [0.2, 0.25) is 10.0 Å². The number of ketones is 1. The first-order valence-corrected chi connectivity index (χ1v) is 10.8. The first-order chi connectivity index (χ1) is 13.6. The smallest absolute Gasteiger partial charge is 0.320 e. The largest absolute Gasteiger partial charge is 0.468 e. The van der Waals surface area contributed by atoms with Gasteiger partial charge in [-0.2, -0.15) is 4.31 Å². The van der Waals surface area contributed by atoms with Gasteiger partial charge < -0.3 is 9.47 Å². The lowest BCUT2D eigenvalue weighted by molar-refractivity contribution is -0.159. The van der Waals surface area contributed by atoms with Crippen molar-refractivity contribution in [2.24, 2.45) is 11.8 Å². The summed E-state index contributed by atoms with van der Waals surface area (Å²) in [6.45, 7) is 3.47. The van der Waals surface area contributed by atoms with Crippen LogP contribution < -0.4 is 0 Å². The minimum Gasteiger partial charge on any atom is -0.468 e. The van der Waals surface area contributed by atoms with E-state index >= 15 is 0 Å². The summed E-state index contributed by atoms with van der Waals surface area (Å²) in [6.07, 6.45) is 0.879. The first kappa shape index (κ1) is 23.0. The average Bonchev–Trinajstić information content (AvgIpc) is 3.18. The summed E-state index contributed by atoms with van der Waals surface area (Å²) in [5.41, 5.74) is 0.933. The van der Waals surface area contributed by atoms with Crippen LogP contribution in [0.3, 0.4) is 0 Å². The van der Waals surface area contributed by atoms with E-state index in [1.165, 1.54) is 23.4 Å². The van der Waals surface area contributed by atoms with E-state index in [1.54, 1.807) is 12.1 Å². The molecule has 1 aliphatic rings. The van der Waals surface area contributed by atoms with E-state index in [0.29, 0.717) is 12.8 Å². The van der Waals surface area contributed by atoms with Gasteiger partial charge in [-0.1, -0.05) is 17.7 Å². The van der Waals surface area contributed by atoms with Crippen LogP contribution in [-0.4, -0.2) is 57.3 Å². The molecule has 0 bridgehead atoms. The number of sulfonamides is 1. The van der Waals surface area contributed by atoms with Gasteiger partial charge in [0, 0.05) is 18.5 Å². The Bertz CT molecular complexity index is 847. The van der Waals surface area contributed by atoms with Gasteiger partial charge in [-0.05, 0) is 45.2 Å². The Morgan fingerprint density at radius 3 is 2.14 bits per heavy atom. The van der Waals surface area contributed by atoms with E-state index in [0.717, 1.165) is 19.8 Å². The summed E-state index contributed by atoms with van der Waals surface area (Å²) in [5, 5.41) is 0. The van der Waals surface area contributed by atoms with Crippen LogP contribution >= 0.6 is 0 Å². The molecule has 2 atom stereocenters. The van der Waals surface area contributed by atoms with Crippen molar-refractivity contribution >= 4 is 27.7 Å². The third-order valence-corrected chi connectivity index (χ3v) is 7.26. The molecule has 0 amide bonds. The second-order valence-electron chi connectivity index (χ2n) is 7.19. The monoisotopic (exact) mass is 425 g/mol. The molecule has 1 saturated heterocycles. The van der Waals surface area contributed by atoms with Crippen molar-refractivity contribution in [3.8, 4) is 0 Å². The fourth-order valence-electron chi connectivity index (χ4n) is 3.73. The number of Topliss-reactive ketones (excluding diaryl/α,β-unsaturated/α-hetero) is 1. The van der Waals surface area contributed by atoms with Crippen LogP contribution in [0.4, 0.5) is 0 Å². The molecule has 1 aromatic carbocycles. The number of carbonyl (C=O) groups excluding carboxylic acids is 3. The molecular weight excluding hydrogens is 398 g/mol. The lowest BCUT2D eigenvalue weighted by atomic mass is 9.85. The Kier molecular flexibility index (Phi) is 7.54. The van der Waals surface area contributed by atoms with Crippen molar-refractivity contribution < 1.29 is 32.3 Å². The molecule has 1 heterocycles. The second kappa shape index (κ2) is 9.49. The summed E-state index contributed by atoms with van der Waals surface area (Å²) in [6, 6.07) is 5.86. The zero-order chi connectivity index (χ0) is 21.8. The highest BCUT2D eigenvalue weighted by Crippen LogP contribution is 2.34. The maximum absolute atomic E-state index is 13.2. The van der Waals surface area contributed by atoms with Crippen LogP contribution in [0.2, 0.25) is 0 Å². The van der Waals surface area contributed by atoms with E-state index in [4.69, 9.17) is 0 Å². The lowest BCUT2D eigenvalue weighted by Crippen LogP contribution is -2.44. The van der Waals surface area contributed by atoms with Gasteiger partial charge >= 0.3 is 11.9 Å². The number of nitrogens with zero attached hydrogens (tertiary/aromatic N) is 1. The number of hydrogen-bond donors (Lipinski definition) is 0. The van der Waals surface area contributed by atoms with Crippen molar-refractivity contribution in [1.29, 1.82) is 0 Å². The lowest BCUT2D eigenvalue weighted by Gasteiger charge is -2.31. The van der Waals surface area contributed by atoms with Crippen LogP contribution in [-0.2, 0) is 33.9 Å². The van der Waals surface area contributed by atoms with Gasteiger partial charge in [0.25, 0.3) is 0 Å². The molecule has 9 heteroatoms. The van der Waals surface area contributed by atoms with Crippen molar-refractivity contribution in [1.82, 2.24) is 4.31 Å². The van der Waals surface area contributed by atoms with Crippen molar-refractivity contribution in [2.75, 3.05) is 20.8 Å². The molecule has 8 nitrogen and oxygen atoms in total. The zero-order valence-electron chi connectivity index (χ0n) is 17.1. The van der Waals surface area contributed by atoms with E-state index in [2.05, 4.69) is 9.47 Å². The number of ether oxygens (including phenoxy) is 2. The molecule has 1 aliphatic heterocycles. The number of carbonyl (C=O) groups is 3. The normalized spacial score (nSPS) is 18.4. The number of aryl methyl sites for hydroxylation is 1. The van der Waals surface area contributed by atoms with Gasteiger partial charge in [-0.25, -0.2) is 8.42 Å². The molecule has 29 heavy (non-hydrogen) atoms. The summed E-state index contributed by atoms with van der Waals surface area (Å²) < 4.78 is 37.0. The Morgan fingerprint density at radius 1 is 1.10 bits per heavy atom. The molecule has 2 rings (SSSR count). The van der Waals surface area contributed by atoms with E-state index in [-0.39, 0.29) is 23.6 Å². The van der Waals surface area contributed by atoms with Crippen LogP contribution in [0.15, 0.2) is 29.2 Å². The average molecular weight is 426 g/mol. The molecule has 1 aromatic rings. The minimum absolute atomic E-state index is 0.148. The Hall–Kier alpha value is -2.26. The fourth-order valence-corrected chi connectivity index (χ4v) is 5.46. The molecule has 0 unspecified atom stereocenters. The topological polar surface area (TPSA) is 107 Å². The molecule has 160 valence electrons. The number of methoxy groups -OCH3 is 2. The standard InChI is InChI=1S/C20H27NO7S/c1-13-7-9-15(10-8-13)29(25,26)21-11-5-6-18(21)16(14(2)22)12-17(19(23)27-3)20(24)28-4/h7-10,16-18H,5-6,11-12H2,1-4H3/t16-,18+/m0/s1. The highest BCUT2D eigenvalue weighted by molar-refractivity contribution is 7.89. The molecular formula is C20H27NO7S. The van der Waals surface area contributed by atoms with E-state index in [1.807, 2.05) is 6.92 Å². The third kappa shape index (κ3) is 5.02.